The first-order valence-corrected chi connectivity index (χ1v) is 5.01. The van der Waals surface area contributed by atoms with Crippen molar-refractivity contribution in [3.8, 4) is 0 Å². The van der Waals surface area contributed by atoms with Crippen molar-refractivity contribution in [3.63, 3.8) is 0 Å². The van der Waals surface area contributed by atoms with Gasteiger partial charge in [-0.05, 0) is 0 Å². The molecule has 0 N–H and O–H groups in total. The number of rotatable bonds is 6. The molecular weight excluding hydrogens is 298 g/mol. The van der Waals surface area contributed by atoms with Crippen LogP contribution >= 0.6 is 0 Å². The molecule has 0 aliphatic rings. The quantitative estimate of drug-likeness (QED) is 0.607. The first kappa shape index (κ1) is 18.3. The minimum Gasteiger partial charge on any atom is -0.200 e. The zero-order chi connectivity index (χ0) is 15.9. The Balaban J connectivity index is 5.86. The van der Waals surface area contributed by atoms with Crippen LogP contribution < -0.4 is 0 Å². The molecule has 10 heteroatoms. The summed E-state index contributed by atoms with van der Waals surface area (Å²) in [6.45, 7) is 0.667. The average Bonchev–Trinajstić information content (AvgIpc) is 2.27. The normalized spacial score (nSPS) is 15.8. The molecule has 0 atom stereocenters. The highest BCUT2D eigenvalue weighted by Crippen LogP contribution is 2.58. The van der Waals surface area contributed by atoms with E-state index in [1.54, 1.807) is 0 Å². The monoisotopic (exact) mass is 308 g/mol. The first-order valence-electron chi connectivity index (χ1n) is 5.01. The zero-order valence-electron chi connectivity index (χ0n) is 9.69. The van der Waals surface area contributed by atoms with Gasteiger partial charge in [-0.15, -0.1) is 0 Å². The second-order valence-corrected chi connectivity index (χ2v) is 3.84. The van der Waals surface area contributed by atoms with Gasteiger partial charge >= 0.3 is 29.6 Å². The summed E-state index contributed by atoms with van der Waals surface area (Å²) in [5, 5.41) is 0. The van der Waals surface area contributed by atoms with E-state index in [-0.39, 0.29) is 0 Å². The lowest BCUT2D eigenvalue weighted by molar-refractivity contribution is -0.401. The minimum atomic E-state index is -6.90. The Morgan fingerprint density at radius 3 is 0.842 bits per heavy atom. The van der Waals surface area contributed by atoms with Crippen molar-refractivity contribution in [2.75, 3.05) is 0 Å². The summed E-state index contributed by atoms with van der Waals surface area (Å²) < 4.78 is 128. The SMILES string of the molecule is CCC(F)(F)C(F)(F)C(F)(F)C(F)(F)C(F)(F)CC. The van der Waals surface area contributed by atoms with Crippen molar-refractivity contribution < 1.29 is 43.9 Å². The van der Waals surface area contributed by atoms with Crippen LogP contribution in [0.4, 0.5) is 43.9 Å². The molecule has 19 heavy (non-hydrogen) atoms. The van der Waals surface area contributed by atoms with E-state index in [9.17, 15) is 43.9 Å². The molecule has 0 unspecified atom stereocenters. The van der Waals surface area contributed by atoms with Crippen LogP contribution in [0.3, 0.4) is 0 Å². The van der Waals surface area contributed by atoms with Crippen molar-refractivity contribution >= 4 is 0 Å². The van der Waals surface area contributed by atoms with Crippen LogP contribution in [0, 0.1) is 0 Å². The molecular formula is C9H10F10. The summed E-state index contributed by atoms with van der Waals surface area (Å²) in [6.07, 6.45) is -3.83. The lowest BCUT2D eigenvalue weighted by Crippen LogP contribution is -2.67. The molecule has 0 aromatic carbocycles. The van der Waals surface area contributed by atoms with E-state index in [1.807, 2.05) is 0 Å². The standard InChI is InChI=1S/C9H10F10/c1-3-5(10,11)7(14,15)9(18,19)8(16,17)6(12,13)4-2/h3-4H2,1-2H3. The van der Waals surface area contributed by atoms with Gasteiger partial charge in [-0.25, -0.2) is 0 Å². The number of halogens is 10. The van der Waals surface area contributed by atoms with Crippen LogP contribution in [0.2, 0.25) is 0 Å². The lowest BCUT2D eigenvalue weighted by Gasteiger charge is -2.39. The van der Waals surface area contributed by atoms with E-state index in [0.717, 1.165) is 0 Å². The maximum Gasteiger partial charge on any atom is 0.384 e. The van der Waals surface area contributed by atoms with Gasteiger partial charge in [-0.1, -0.05) is 13.8 Å². The van der Waals surface area contributed by atoms with Gasteiger partial charge in [-0.2, -0.15) is 43.9 Å². The van der Waals surface area contributed by atoms with E-state index in [1.165, 1.54) is 0 Å². The lowest BCUT2D eigenvalue weighted by atomic mass is 9.92. The van der Waals surface area contributed by atoms with Gasteiger partial charge in [0.25, 0.3) is 0 Å². The highest BCUT2D eigenvalue weighted by atomic mass is 19.4. The van der Waals surface area contributed by atoms with Crippen LogP contribution in [0.25, 0.3) is 0 Å². The fourth-order valence-electron chi connectivity index (χ4n) is 1.10. The van der Waals surface area contributed by atoms with Crippen molar-refractivity contribution in [2.24, 2.45) is 0 Å². The molecule has 0 radical (unpaired) electrons. The molecule has 0 heterocycles. The highest BCUT2D eigenvalue weighted by Gasteiger charge is 2.85. The van der Waals surface area contributed by atoms with Gasteiger partial charge in [0.2, 0.25) is 0 Å². The predicted molar refractivity (Wildman–Crippen MR) is 45.3 cm³/mol. The van der Waals surface area contributed by atoms with Crippen molar-refractivity contribution in [1.29, 1.82) is 0 Å². The Morgan fingerprint density at radius 1 is 0.474 bits per heavy atom. The third-order valence-corrected chi connectivity index (χ3v) is 2.60. The maximum absolute atomic E-state index is 12.9. The molecule has 0 spiro atoms. The Hall–Kier alpha value is -0.700. The summed E-state index contributed by atoms with van der Waals surface area (Å²) in [6, 6.07) is 0. The van der Waals surface area contributed by atoms with Crippen LogP contribution in [0.5, 0.6) is 0 Å². The molecule has 0 nitrogen and oxygen atoms in total. The summed E-state index contributed by atoms with van der Waals surface area (Å²) in [5.74, 6) is -31.2. The van der Waals surface area contributed by atoms with Crippen molar-refractivity contribution in [2.45, 2.75) is 56.3 Å². The van der Waals surface area contributed by atoms with Crippen LogP contribution in [-0.4, -0.2) is 29.6 Å². The number of hydrogen-bond acceptors (Lipinski definition) is 0. The Labute approximate surface area is 101 Å². The number of alkyl halides is 10. The van der Waals surface area contributed by atoms with Gasteiger partial charge in [0.05, 0.1) is 0 Å². The molecule has 0 rings (SSSR count). The molecule has 0 aliphatic carbocycles. The third kappa shape index (κ3) is 2.37. The molecule has 116 valence electrons. The predicted octanol–water partition coefficient (Wildman–Crippen LogP) is 4.98. The second-order valence-electron chi connectivity index (χ2n) is 3.84. The van der Waals surface area contributed by atoms with Gasteiger partial charge in [0.1, 0.15) is 0 Å². The van der Waals surface area contributed by atoms with Crippen LogP contribution in [-0.2, 0) is 0 Å². The second kappa shape index (κ2) is 4.69. The van der Waals surface area contributed by atoms with E-state index >= 15 is 0 Å². The van der Waals surface area contributed by atoms with Gasteiger partial charge in [0.15, 0.2) is 0 Å². The molecule has 0 bridgehead atoms. The fourth-order valence-corrected chi connectivity index (χ4v) is 1.10. The minimum absolute atomic E-state index is 0.333. The molecule has 0 amide bonds. The van der Waals surface area contributed by atoms with E-state index in [4.69, 9.17) is 0 Å². The Morgan fingerprint density at radius 2 is 0.684 bits per heavy atom. The summed E-state index contributed by atoms with van der Waals surface area (Å²) in [4.78, 5) is 0. The number of hydrogen-bond donors (Lipinski definition) is 0. The van der Waals surface area contributed by atoms with Crippen molar-refractivity contribution in [3.05, 3.63) is 0 Å². The molecule has 0 saturated heterocycles. The maximum atomic E-state index is 12.9. The summed E-state index contributed by atoms with van der Waals surface area (Å²) in [5.41, 5.74) is 0. The zero-order valence-corrected chi connectivity index (χ0v) is 9.69. The van der Waals surface area contributed by atoms with E-state index in [2.05, 4.69) is 0 Å². The molecule has 0 fully saturated rings. The average molecular weight is 308 g/mol. The summed E-state index contributed by atoms with van der Waals surface area (Å²) >= 11 is 0. The van der Waals surface area contributed by atoms with Crippen LogP contribution in [0.15, 0.2) is 0 Å². The first-order chi connectivity index (χ1) is 8.12. The molecule has 0 aromatic rings. The van der Waals surface area contributed by atoms with Crippen molar-refractivity contribution in [1.82, 2.24) is 0 Å². The Bertz CT molecular complexity index is 289. The van der Waals surface area contributed by atoms with E-state index < -0.39 is 42.5 Å². The highest BCUT2D eigenvalue weighted by molar-refractivity contribution is 5.07. The van der Waals surface area contributed by atoms with E-state index in [0.29, 0.717) is 13.8 Å². The smallest absolute Gasteiger partial charge is 0.200 e. The fraction of sp³-hybridized carbons (Fsp3) is 1.00. The molecule has 0 aliphatic heterocycles. The van der Waals surface area contributed by atoms with Gasteiger partial charge in [-0.3, -0.25) is 0 Å². The van der Waals surface area contributed by atoms with Gasteiger partial charge < -0.3 is 0 Å². The largest absolute Gasteiger partial charge is 0.384 e. The molecule has 0 aromatic heterocycles. The molecule has 0 saturated carbocycles. The van der Waals surface area contributed by atoms with Gasteiger partial charge in [0, 0.05) is 12.8 Å². The summed E-state index contributed by atoms with van der Waals surface area (Å²) in [7, 11) is 0. The third-order valence-electron chi connectivity index (χ3n) is 2.60. The topological polar surface area (TPSA) is 0 Å². The Kier molecular flexibility index (Phi) is 4.52. The van der Waals surface area contributed by atoms with Crippen LogP contribution in [0.1, 0.15) is 26.7 Å².